The second kappa shape index (κ2) is 5.06. The van der Waals surface area contributed by atoms with Crippen molar-refractivity contribution in [1.29, 1.82) is 0 Å². The van der Waals surface area contributed by atoms with E-state index in [1.54, 1.807) is 0 Å². The van der Waals surface area contributed by atoms with E-state index in [0.717, 1.165) is 4.31 Å². The maximum Gasteiger partial charge on any atom is 0.247 e. The molecular formula is C11H15N3O4S. The lowest BCUT2D eigenvalue weighted by molar-refractivity contribution is -0.122. The monoisotopic (exact) mass is 285 g/mol. The maximum absolute atomic E-state index is 12.4. The number of nitrogens with zero attached hydrogens (tertiary/aromatic N) is 1. The first-order valence-electron chi connectivity index (χ1n) is 5.65. The molecule has 0 bridgehead atoms. The summed E-state index contributed by atoms with van der Waals surface area (Å²) in [6.07, 6.45) is 0. The predicted molar refractivity (Wildman–Crippen MR) is 69.2 cm³/mol. The number of nitrogens with one attached hydrogen (secondary N) is 1. The van der Waals surface area contributed by atoms with Crippen LogP contribution in [0.2, 0.25) is 0 Å². The largest absolute Gasteiger partial charge is 0.495 e. The van der Waals surface area contributed by atoms with Crippen LogP contribution >= 0.6 is 0 Å². The SMILES string of the molecule is COc1cc(N)ccc1S(=O)(=O)N1CCNC(=O)C1. The summed E-state index contributed by atoms with van der Waals surface area (Å²) in [5, 5.41) is 2.58. The highest BCUT2D eigenvalue weighted by Gasteiger charge is 2.31. The third-order valence-electron chi connectivity index (χ3n) is 2.81. The number of sulfonamides is 1. The molecule has 1 fully saturated rings. The van der Waals surface area contributed by atoms with Gasteiger partial charge in [-0.25, -0.2) is 8.42 Å². The standard InChI is InChI=1S/C11H15N3O4S/c1-18-9-6-8(12)2-3-10(9)19(16,17)14-5-4-13-11(15)7-14/h2-3,6H,4-5,7,12H2,1H3,(H,13,15). The van der Waals surface area contributed by atoms with Gasteiger partial charge < -0.3 is 15.8 Å². The van der Waals surface area contributed by atoms with E-state index in [1.807, 2.05) is 0 Å². The Morgan fingerprint density at radius 2 is 2.16 bits per heavy atom. The molecule has 3 N–H and O–H groups in total. The van der Waals surface area contributed by atoms with Crippen LogP contribution in [0.15, 0.2) is 23.1 Å². The van der Waals surface area contributed by atoms with Crippen molar-refractivity contribution in [3.05, 3.63) is 18.2 Å². The highest BCUT2D eigenvalue weighted by Crippen LogP contribution is 2.28. The Bertz CT molecular complexity index is 600. The van der Waals surface area contributed by atoms with E-state index in [4.69, 9.17) is 10.5 Å². The first kappa shape index (κ1) is 13.6. The van der Waals surface area contributed by atoms with E-state index < -0.39 is 10.0 Å². The average Bonchev–Trinajstić information content (AvgIpc) is 2.38. The van der Waals surface area contributed by atoms with E-state index in [9.17, 15) is 13.2 Å². The van der Waals surface area contributed by atoms with Gasteiger partial charge in [-0.05, 0) is 12.1 Å². The van der Waals surface area contributed by atoms with E-state index >= 15 is 0 Å². The van der Waals surface area contributed by atoms with Crippen molar-refractivity contribution < 1.29 is 17.9 Å². The van der Waals surface area contributed by atoms with Crippen LogP contribution in [-0.4, -0.2) is 45.4 Å². The lowest BCUT2D eigenvalue weighted by Gasteiger charge is -2.26. The van der Waals surface area contributed by atoms with E-state index in [1.165, 1.54) is 25.3 Å². The highest BCUT2D eigenvalue weighted by molar-refractivity contribution is 7.89. The van der Waals surface area contributed by atoms with Gasteiger partial charge in [0.1, 0.15) is 10.6 Å². The number of carbonyl (C=O) groups is 1. The molecule has 1 saturated heterocycles. The molecule has 1 aliphatic rings. The second-order valence-electron chi connectivity index (χ2n) is 4.10. The number of amides is 1. The number of nitrogen functional groups attached to an aromatic ring is 1. The number of nitrogens with two attached hydrogens (primary N) is 1. The first-order valence-corrected chi connectivity index (χ1v) is 7.09. The number of hydrogen-bond donors (Lipinski definition) is 2. The number of carbonyl (C=O) groups excluding carboxylic acids is 1. The molecule has 0 unspecified atom stereocenters. The summed E-state index contributed by atoms with van der Waals surface area (Å²) >= 11 is 0. The molecule has 0 spiro atoms. The zero-order chi connectivity index (χ0) is 14.0. The molecule has 0 aliphatic carbocycles. The van der Waals surface area contributed by atoms with Crippen LogP contribution in [0.3, 0.4) is 0 Å². The molecular weight excluding hydrogens is 270 g/mol. The lowest BCUT2D eigenvalue weighted by Crippen LogP contribution is -2.49. The van der Waals surface area contributed by atoms with Crippen molar-refractivity contribution in [1.82, 2.24) is 9.62 Å². The number of piperazine rings is 1. The fourth-order valence-corrected chi connectivity index (χ4v) is 3.39. The van der Waals surface area contributed by atoms with Gasteiger partial charge in [-0.1, -0.05) is 0 Å². The van der Waals surface area contributed by atoms with Crippen LogP contribution in [0.5, 0.6) is 5.75 Å². The van der Waals surface area contributed by atoms with Crippen molar-refractivity contribution in [2.75, 3.05) is 32.5 Å². The molecule has 0 atom stereocenters. The fourth-order valence-electron chi connectivity index (χ4n) is 1.86. The molecule has 0 saturated carbocycles. The topological polar surface area (TPSA) is 102 Å². The Morgan fingerprint density at radius 1 is 1.42 bits per heavy atom. The third kappa shape index (κ3) is 2.64. The molecule has 0 radical (unpaired) electrons. The molecule has 7 nitrogen and oxygen atoms in total. The molecule has 8 heteroatoms. The van der Waals surface area contributed by atoms with E-state index in [2.05, 4.69) is 5.32 Å². The summed E-state index contributed by atoms with van der Waals surface area (Å²) in [6.45, 7) is 0.354. The Kier molecular flexibility index (Phi) is 3.63. The number of benzene rings is 1. The molecule has 104 valence electrons. The summed E-state index contributed by atoms with van der Waals surface area (Å²) in [7, 11) is -2.39. The molecule has 1 aliphatic heterocycles. The number of ether oxygens (including phenoxy) is 1. The molecule has 1 aromatic rings. The minimum Gasteiger partial charge on any atom is -0.495 e. The van der Waals surface area contributed by atoms with Crippen LogP contribution in [0.1, 0.15) is 0 Å². The highest BCUT2D eigenvalue weighted by atomic mass is 32.2. The molecule has 1 heterocycles. The van der Waals surface area contributed by atoms with Crippen LogP contribution in [0, 0.1) is 0 Å². The molecule has 0 aromatic heterocycles. The molecule has 1 aromatic carbocycles. The van der Waals surface area contributed by atoms with Crippen molar-refractivity contribution in [2.24, 2.45) is 0 Å². The Balaban J connectivity index is 2.41. The molecule has 19 heavy (non-hydrogen) atoms. The van der Waals surface area contributed by atoms with Crippen molar-refractivity contribution in [3.8, 4) is 5.75 Å². The Morgan fingerprint density at radius 3 is 2.79 bits per heavy atom. The fraction of sp³-hybridized carbons (Fsp3) is 0.364. The van der Waals surface area contributed by atoms with E-state index in [-0.39, 0.29) is 29.6 Å². The summed E-state index contributed by atoms with van der Waals surface area (Å²) in [5.41, 5.74) is 6.00. The van der Waals surface area contributed by atoms with Gasteiger partial charge >= 0.3 is 0 Å². The van der Waals surface area contributed by atoms with Crippen LogP contribution in [0.4, 0.5) is 5.69 Å². The minimum atomic E-state index is -3.76. The van der Waals surface area contributed by atoms with Gasteiger partial charge in [0.2, 0.25) is 15.9 Å². The summed E-state index contributed by atoms with van der Waals surface area (Å²) < 4.78 is 31.1. The zero-order valence-electron chi connectivity index (χ0n) is 10.4. The number of methoxy groups -OCH3 is 1. The van der Waals surface area contributed by atoms with Gasteiger partial charge in [0.25, 0.3) is 0 Å². The molecule has 2 rings (SSSR count). The van der Waals surface area contributed by atoms with Crippen molar-refractivity contribution in [3.63, 3.8) is 0 Å². The van der Waals surface area contributed by atoms with Gasteiger partial charge in [-0.3, -0.25) is 4.79 Å². The second-order valence-corrected chi connectivity index (χ2v) is 6.01. The summed E-state index contributed by atoms with van der Waals surface area (Å²) in [6, 6.07) is 4.31. The quantitative estimate of drug-likeness (QED) is 0.722. The van der Waals surface area contributed by atoms with Gasteiger partial charge in [-0.15, -0.1) is 0 Å². The Labute approximate surface area is 111 Å². The van der Waals surface area contributed by atoms with E-state index in [0.29, 0.717) is 12.2 Å². The van der Waals surface area contributed by atoms with Gasteiger partial charge in [0.05, 0.1) is 13.7 Å². The lowest BCUT2D eigenvalue weighted by atomic mass is 10.3. The van der Waals surface area contributed by atoms with Gasteiger partial charge in [0, 0.05) is 24.8 Å². The summed E-state index contributed by atoms with van der Waals surface area (Å²) in [4.78, 5) is 11.3. The third-order valence-corrected chi connectivity index (χ3v) is 4.69. The summed E-state index contributed by atoms with van der Waals surface area (Å²) in [5.74, 6) is -0.143. The molecule has 1 amide bonds. The van der Waals surface area contributed by atoms with Gasteiger partial charge in [-0.2, -0.15) is 4.31 Å². The van der Waals surface area contributed by atoms with Gasteiger partial charge in [0.15, 0.2) is 0 Å². The normalized spacial score (nSPS) is 17.0. The Hall–Kier alpha value is -1.80. The average molecular weight is 285 g/mol. The number of hydrogen-bond acceptors (Lipinski definition) is 5. The van der Waals surface area contributed by atoms with Crippen LogP contribution in [-0.2, 0) is 14.8 Å². The van der Waals surface area contributed by atoms with Crippen molar-refractivity contribution in [2.45, 2.75) is 4.90 Å². The predicted octanol–water partition coefficient (Wildman–Crippen LogP) is -0.602. The minimum absolute atomic E-state index is 0.0129. The van der Waals surface area contributed by atoms with Crippen LogP contribution < -0.4 is 15.8 Å². The maximum atomic E-state index is 12.4. The number of anilines is 1. The zero-order valence-corrected chi connectivity index (χ0v) is 11.2. The first-order chi connectivity index (χ1) is 8.95. The van der Waals surface area contributed by atoms with Crippen molar-refractivity contribution >= 4 is 21.6 Å². The number of rotatable bonds is 3. The van der Waals surface area contributed by atoms with Crippen LogP contribution in [0.25, 0.3) is 0 Å². The smallest absolute Gasteiger partial charge is 0.247 e.